The SMILES string of the molecule is COc1ccc2cc(C(=O)Nc3ccccn3)c(=N)oc2c1. The lowest BCUT2D eigenvalue weighted by atomic mass is 10.1. The van der Waals surface area contributed by atoms with Crippen LogP contribution in [0.3, 0.4) is 0 Å². The molecule has 1 aromatic carbocycles. The maximum atomic E-state index is 12.2. The van der Waals surface area contributed by atoms with Gasteiger partial charge in [0.2, 0.25) is 5.55 Å². The Morgan fingerprint density at radius 2 is 2.14 bits per heavy atom. The lowest BCUT2D eigenvalue weighted by Crippen LogP contribution is -2.21. The molecular formula is C16H13N3O3. The highest BCUT2D eigenvalue weighted by atomic mass is 16.5. The second kappa shape index (κ2) is 5.69. The van der Waals surface area contributed by atoms with Crippen molar-refractivity contribution in [2.45, 2.75) is 0 Å². The number of rotatable bonds is 3. The van der Waals surface area contributed by atoms with Crippen molar-refractivity contribution in [2.75, 3.05) is 12.4 Å². The first-order chi connectivity index (χ1) is 10.7. The molecule has 0 aliphatic carbocycles. The molecule has 0 aliphatic rings. The summed E-state index contributed by atoms with van der Waals surface area (Å²) in [5.41, 5.74) is 0.413. The zero-order valence-corrected chi connectivity index (χ0v) is 11.8. The number of hydrogen-bond acceptors (Lipinski definition) is 5. The van der Waals surface area contributed by atoms with Gasteiger partial charge < -0.3 is 14.5 Å². The maximum Gasteiger partial charge on any atom is 0.262 e. The summed E-state index contributed by atoms with van der Waals surface area (Å²) in [6.07, 6.45) is 1.58. The number of benzene rings is 1. The molecule has 3 aromatic rings. The Bertz CT molecular complexity index is 888. The van der Waals surface area contributed by atoms with E-state index in [1.165, 1.54) is 0 Å². The molecule has 0 atom stereocenters. The Kier molecular flexibility index (Phi) is 3.57. The smallest absolute Gasteiger partial charge is 0.262 e. The molecule has 0 spiro atoms. The second-order valence-corrected chi connectivity index (χ2v) is 4.56. The monoisotopic (exact) mass is 295 g/mol. The van der Waals surface area contributed by atoms with Gasteiger partial charge in [-0.3, -0.25) is 10.2 Å². The van der Waals surface area contributed by atoms with E-state index in [1.54, 1.807) is 55.8 Å². The minimum absolute atomic E-state index is 0.142. The fraction of sp³-hybridized carbons (Fsp3) is 0.0625. The minimum atomic E-state index is -0.440. The van der Waals surface area contributed by atoms with Crippen LogP contribution in [0.25, 0.3) is 11.0 Å². The van der Waals surface area contributed by atoms with E-state index in [-0.39, 0.29) is 11.1 Å². The third-order valence-corrected chi connectivity index (χ3v) is 3.13. The van der Waals surface area contributed by atoms with Gasteiger partial charge in [-0.05, 0) is 30.3 Å². The number of nitrogens with one attached hydrogen (secondary N) is 2. The number of ether oxygens (including phenoxy) is 1. The Morgan fingerprint density at radius 1 is 1.27 bits per heavy atom. The number of anilines is 1. The summed E-state index contributed by atoms with van der Waals surface area (Å²) in [7, 11) is 1.55. The summed E-state index contributed by atoms with van der Waals surface area (Å²) in [5.74, 6) is 0.605. The highest BCUT2D eigenvalue weighted by molar-refractivity contribution is 6.04. The molecule has 0 fully saturated rings. The molecule has 6 nitrogen and oxygen atoms in total. The maximum absolute atomic E-state index is 12.2. The van der Waals surface area contributed by atoms with Crippen LogP contribution in [0.4, 0.5) is 5.82 Å². The fourth-order valence-corrected chi connectivity index (χ4v) is 2.02. The van der Waals surface area contributed by atoms with Crippen molar-refractivity contribution < 1.29 is 13.9 Å². The third kappa shape index (κ3) is 2.67. The Balaban J connectivity index is 1.98. The van der Waals surface area contributed by atoms with Crippen molar-refractivity contribution >= 4 is 22.7 Å². The van der Waals surface area contributed by atoms with Crippen LogP contribution >= 0.6 is 0 Å². The van der Waals surface area contributed by atoms with Crippen LogP contribution in [-0.4, -0.2) is 18.0 Å². The first kappa shape index (κ1) is 13.8. The normalized spacial score (nSPS) is 10.4. The summed E-state index contributed by atoms with van der Waals surface area (Å²) < 4.78 is 10.5. The van der Waals surface area contributed by atoms with Crippen molar-refractivity contribution in [1.82, 2.24) is 4.98 Å². The second-order valence-electron chi connectivity index (χ2n) is 4.56. The van der Waals surface area contributed by atoms with Crippen molar-refractivity contribution in [3.05, 3.63) is 59.8 Å². The van der Waals surface area contributed by atoms with Gasteiger partial charge >= 0.3 is 0 Å². The third-order valence-electron chi connectivity index (χ3n) is 3.13. The average Bonchev–Trinajstić information content (AvgIpc) is 2.54. The van der Waals surface area contributed by atoms with Crippen LogP contribution in [0, 0.1) is 5.41 Å². The largest absolute Gasteiger partial charge is 0.497 e. The van der Waals surface area contributed by atoms with E-state index in [0.29, 0.717) is 22.5 Å². The fourth-order valence-electron chi connectivity index (χ4n) is 2.02. The standard InChI is InChI=1S/C16H13N3O3/c1-21-11-6-5-10-8-12(15(17)22-13(10)9-11)16(20)19-14-4-2-3-7-18-14/h2-9,17H,1H3,(H,18,19,20). The first-order valence-electron chi connectivity index (χ1n) is 6.56. The van der Waals surface area contributed by atoms with Crippen LogP contribution in [-0.2, 0) is 0 Å². The van der Waals surface area contributed by atoms with Gasteiger partial charge in [0.1, 0.15) is 22.7 Å². The molecule has 6 heteroatoms. The van der Waals surface area contributed by atoms with Crippen molar-refractivity contribution in [2.24, 2.45) is 0 Å². The number of nitrogens with zero attached hydrogens (tertiary/aromatic N) is 1. The lowest BCUT2D eigenvalue weighted by Gasteiger charge is -2.06. The molecule has 0 saturated carbocycles. The molecule has 0 unspecified atom stereocenters. The molecule has 2 N–H and O–H groups in total. The van der Waals surface area contributed by atoms with E-state index in [0.717, 1.165) is 0 Å². The van der Waals surface area contributed by atoms with Gasteiger partial charge in [0.15, 0.2) is 0 Å². The van der Waals surface area contributed by atoms with Crippen LogP contribution in [0.5, 0.6) is 5.75 Å². The summed E-state index contributed by atoms with van der Waals surface area (Å²) in [5, 5.41) is 11.2. The molecule has 3 rings (SSSR count). The van der Waals surface area contributed by atoms with Crippen LogP contribution in [0.1, 0.15) is 10.4 Å². The Labute approximate surface area is 125 Å². The average molecular weight is 295 g/mol. The Morgan fingerprint density at radius 3 is 2.86 bits per heavy atom. The summed E-state index contributed by atoms with van der Waals surface area (Å²) in [6.45, 7) is 0. The zero-order chi connectivity index (χ0) is 15.5. The molecular weight excluding hydrogens is 282 g/mol. The van der Waals surface area contributed by atoms with Crippen LogP contribution < -0.4 is 15.6 Å². The van der Waals surface area contributed by atoms with Crippen LogP contribution in [0.15, 0.2) is 53.1 Å². The van der Waals surface area contributed by atoms with E-state index in [9.17, 15) is 4.79 Å². The molecule has 0 bridgehead atoms. The van der Waals surface area contributed by atoms with Crippen molar-refractivity contribution in [3.8, 4) is 5.75 Å². The summed E-state index contributed by atoms with van der Waals surface area (Å²) in [6, 6.07) is 12.0. The first-order valence-corrected chi connectivity index (χ1v) is 6.56. The quantitative estimate of drug-likeness (QED) is 0.777. The molecule has 22 heavy (non-hydrogen) atoms. The molecule has 0 radical (unpaired) electrons. The van der Waals surface area contributed by atoms with Gasteiger partial charge in [-0.2, -0.15) is 0 Å². The summed E-state index contributed by atoms with van der Waals surface area (Å²) in [4.78, 5) is 16.3. The highest BCUT2D eigenvalue weighted by Crippen LogP contribution is 2.20. The number of carbonyl (C=O) groups is 1. The number of aromatic nitrogens is 1. The van der Waals surface area contributed by atoms with E-state index in [1.807, 2.05) is 0 Å². The van der Waals surface area contributed by atoms with Gasteiger partial charge in [0, 0.05) is 17.6 Å². The van der Waals surface area contributed by atoms with Gasteiger partial charge in [-0.15, -0.1) is 0 Å². The molecule has 0 saturated heterocycles. The molecule has 2 heterocycles. The number of hydrogen-bond donors (Lipinski definition) is 2. The van der Waals surface area contributed by atoms with Crippen molar-refractivity contribution in [3.63, 3.8) is 0 Å². The highest BCUT2D eigenvalue weighted by Gasteiger charge is 2.12. The number of amides is 1. The number of fused-ring (bicyclic) bond motifs is 1. The van der Waals surface area contributed by atoms with E-state index >= 15 is 0 Å². The minimum Gasteiger partial charge on any atom is -0.497 e. The molecule has 110 valence electrons. The van der Waals surface area contributed by atoms with Gasteiger partial charge in [-0.1, -0.05) is 6.07 Å². The van der Waals surface area contributed by atoms with Gasteiger partial charge in [0.25, 0.3) is 5.91 Å². The van der Waals surface area contributed by atoms with E-state index < -0.39 is 5.91 Å². The van der Waals surface area contributed by atoms with E-state index in [4.69, 9.17) is 14.6 Å². The number of carbonyl (C=O) groups excluding carboxylic acids is 1. The van der Waals surface area contributed by atoms with Gasteiger partial charge in [0.05, 0.1) is 7.11 Å². The summed E-state index contributed by atoms with van der Waals surface area (Å²) >= 11 is 0. The molecule has 2 aromatic heterocycles. The van der Waals surface area contributed by atoms with Crippen LogP contribution in [0.2, 0.25) is 0 Å². The van der Waals surface area contributed by atoms with Crippen molar-refractivity contribution in [1.29, 1.82) is 5.41 Å². The number of pyridine rings is 1. The molecule has 1 amide bonds. The Hall–Kier alpha value is -3.15. The van der Waals surface area contributed by atoms with E-state index in [2.05, 4.69) is 10.3 Å². The van der Waals surface area contributed by atoms with Gasteiger partial charge in [-0.25, -0.2) is 4.98 Å². The topological polar surface area (TPSA) is 88.2 Å². The predicted molar refractivity (Wildman–Crippen MR) is 80.8 cm³/mol. The lowest BCUT2D eigenvalue weighted by molar-refractivity contribution is 0.102. The number of methoxy groups -OCH3 is 1. The predicted octanol–water partition coefficient (Wildman–Crippen LogP) is 2.57. The molecule has 0 aliphatic heterocycles. The zero-order valence-electron chi connectivity index (χ0n) is 11.8.